The van der Waals surface area contributed by atoms with Gasteiger partial charge in [-0.25, -0.2) is 9.07 Å². The molecule has 0 saturated carbocycles. The van der Waals surface area contributed by atoms with Crippen LogP contribution in [-0.2, 0) is 4.79 Å². The van der Waals surface area contributed by atoms with Crippen LogP contribution >= 0.6 is 0 Å². The lowest BCUT2D eigenvalue weighted by molar-refractivity contribution is -0.127. The number of fused-ring (bicyclic) bond motifs is 1. The molecule has 3 aromatic rings. The molecule has 0 spiro atoms. The van der Waals surface area contributed by atoms with E-state index >= 15 is 0 Å². The molecule has 1 saturated heterocycles. The molecule has 0 aliphatic carbocycles. The van der Waals surface area contributed by atoms with Crippen molar-refractivity contribution in [2.75, 3.05) is 13.1 Å². The van der Waals surface area contributed by atoms with Crippen LogP contribution in [0.3, 0.4) is 0 Å². The molecule has 148 valence electrons. The molecule has 0 atom stereocenters. The summed E-state index contributed by atoms with van der Waals surface area (Å²) >= 11 is 0. The van der Waals surface area contributed by atoms with Gasteiger partial charge in [-0.1, -0.05) is 35.0 Å². The van der Waals surface area contributed by atoms with Gasteiger partial charge in [0.2, 0.25) is 5.91 Å². The first kappa shape index (κ1) is 19.0. The van der Waals surface area contributed by atoms with Crippen molar-refractivity contribution in [1.29, 1.82) is 0 Å². The first-order valence-corrected chi connectivity index (χ1v) is 9.60. The molecule has 29 heavy (non-hydrogen) atoms. The van der Waals surface area contributed by atoms with Crippen molar-refractivity contribution in [3.8, 4) is 0 Å². The van der Waals surface area contributed by atoms with E-state index in [2.05, 4.69) is 10.3 Å². The van der Waals surface area contributed by atoms with E-state index in [1.165, 1.54) is 28.4 Å². The third-order valence-corrected chi connectivity index (χ3v) is 5.26. The Hall–Kier alpha value is -3.35. The SMILES string of the molecule is Cc1ccc(/C=C/C(=O)N2CCC(n3nnc4cc(F)ccc4c3=O)CC2)cc1. The van der Waals surface area contributed by atoms with Gasteiger partial charge < -0.3 is 4.90 Å². The van der Waals surface area contributed by atoms with Crippen LogP contribution in [0.4, 0.5) is 4.39 Å². The van der Waals surface area contributed by atoms with Crippen molar-refractivity contribution in [2.45, 2.75) is 25.8 Å². The monoisotopic (exact) mass is 392 g/mol. The maximum Gasteiger partial charge on any atom is 0.277 e. The lowest BCUT2D eigenvalue weighted by Crippen LogP contribution is -2.41. The fraction of sp³-hybridized carbons (Fsp3) is 0.273. The largest absolute Gasteiger partial charge is 0.339 e. The Balaban J connectivity index is 1.43. The second-order valence-corrected chi connectivity index (χ2v) is 7.30. The van der Waals surface area contributed by atoms with Crippen LogP contribution in [0.2, 0.25) is 0 Å². The molecule has 1 amide bonds. The van der Waals surface area contributed by atoms with Crippen molar-refractivity contribution >= 4 is 22.9 Å². The number of aryl methyl sites for hydroxylation is 1. The highest BCUT2D eigenvalue weighted by molar-refractivity contribution is 5.91. The molecule has 0 radical (unpaired) electrons. The van der Waals surface area contributed by atoms with Crippen molar-refractivity contribution in [1.82, 2.24) is 19.9 Å². The maximum atomic E-state index is 13.3. The lowest BCUT2D eigenvalue weighted by atomic mass is 10.0. The number of nitrogens with zero attached hydrogens (tertiary/aromatic N) is 4. The molecule has 6 nitrogen and oxygen atoms in total. The molecular formula is C22H21FN4O2. The number of hydrogen-bond donors (Lipinski definition) is 0. The number of benzene rings is 2. The zero-order valence-corrected chi connectivity index (χ0v) is 16.1. The number of rotatable bonds is 3. The van der Waals surface area contributed by atoms with E-state index in [4.69, 9.17) is 0 Å². The quantitative estimate of drug-likeness (QED) is 0.643. The summed E-state index contributed by atoms with van der Waals surface area (Å²) < 4.78 is 14.7. The van der Waals surface area contributed by atoms with Crippen LogP contribution in [0.25, 0.3) is 17.0 Å². The predicted octanol–water partition coefficient (Wildman–Crippen LogP) is 3.12. The van der Waals surface area contributed by atoms with Gasteiger partial charge in [-0.3, -0.25) is 9.59 Å². The fourth-order valence-corrected chi connectivity index (χ4v) is 3.55. The first-order chi connectivity index (χ1) is 14.0. The second kappa shape index (κ2) is 7.95. The summed E-state index contributed by atoms with van der Waals surface area (Å²) in [4.78, 5) is 26.9. The van der Waals surface area contributed by atoms with Gasteiger partial charge in [-0.05, 0) is 43.5 Å². The van der Waals surface area contributed by atoms with Gasteiger partial charge in [-0.2, -0.15) is 0 Å². The van der Waals surface area contributed by atoms with Gasteiger partial charge in [0.05, 0.1) is 11.4 Å². The highest BCUT2D eigenvalue weighted by Gasteiger charge is 2.25. The summed E-state index contributed by atoms with van der Waals surface area (Å²) in [6.45, 7) is 3.10. The number of carbonyl (C=O) groups is 1. The normalized spacial score (nSPS) is 15.3. The summed E-state index contributed by atoms with van der Waals surface area (Å²) in [7, 11) is 0. The van der Waals surface area contributed by atoms with E-state index in [9.17, 15) is 14.0 Å². The first-order valence-electron chi connectivity index (χ1n) is 9.60. The van der Waals surface area contributed by atoms with Gasteiger partial charge in [0.15, 0.2) is 0 Å². The molecule has 1 aliphatic heterocycles. The van der Waals surface area contributed by atoms with E-state index in [0.717, 1.165) is 5.56 Å². The van der Waals surface area contributed by atoms with Crippen molar-refractivity contribution < 1.29 is 9.18 Å². The van der Waals surface area contributed by atoms with Crippen molar-refractivity contribution in [3.63, 3.8) is 0 Å². The smallest absolute Gasteiger partial charge is 0.277 e. The van der Waals surface area contributed by atoms with E-state index < -0.39 is 5.82 Å². The number of aromatic nitrogens is 3. The number of likely N-dealkylation sites (tertiary alicyclic amines) is 1. The van der Waals surface area contributed by atoms with Crippen LogP contribution in [0.15, 0.2) is 53.3 Å². The van der Waals surface area contributed by atoms with Gasteiger partial charge in [-0.15, -0.1) is 5.10 Å². The number of amides is 1. The Bertz CT molecular complexity index is 1130. The Labute approximate surface area is 167 Å². The molecule has 7 heteroatoms. The summed E-state index contributed by atoms with van der Waals surface area (Å²) in [5.41, 5.74) is 2.13. The van der Waals surface area contributed by atoms with Crippen LogP contribution in [0.1, 0.15) is 30.0 Å². The van der Waals surface area contributed by atoms with Crippen LogP contribution in [-0.4, -0.2) is 38.9 Å². The molecule has 0 N–H and O–H groups in total. The number of halogens is 1. The maximum absolute atomic E-state index is 13.3. The molecule has 2 aromatic carbocycles. The number of hydrogen-bond acceptors (Lipinski definition) is 4. The lowest BCUT2D eigenvalue weighted by Gasteiger charge is -2.31. The summed E-state index contributed by atoms with van der Waals surface area (Å²) in [6, 6.07) is 11.7. The van der Waals surface area contributed by atoms with Crippen LogP contribution in [0, 0.1) is 12.7 Å². The Morgan fingerprint density at radius 1 is 1.14 bits per heavy atom. The van der Waals surface area contributed by atoms with E-state index in [-0.39, 0.29) is 23.0 Å². The highest BCUT2D eigenvalue weighted by Crippen LogP contribution is 2.21. The average Bonchev–Trinajstić information content (AvgIpc) is 2.73. The molecule has 1 aromatic heterocycles. The number of carbonyl (C=O) groups excluding carboxylic acids is 1. The fourth-order valence-electron chi connectivity index (χ4n) is 3.55. The van der Waals surface area contributed by atoms with Gasteiger partial charge in [0.25, 0.3) is 5.56 Å². The van der Waals surface area contributed by atoms with Gasteiger partial charge in [0, 0.05) is 25.2 Å². The van der Waals surface area contributed by atoms with Crippen molar-refractivity contribution in [2.24, 2.45) is 0 Å². The molecule has 4 rings (SSSR count). The topological polar surface area (TPSA) is 68.1 Å². The summed E-state index contributed by atoms with van der Waals surface area (Å²) in [5.74, 6) is -0.495. The van der Waals surface area contributed by atoms with Gasteiger partial charge in [0.1, 0.15) is 11.3 Å². The van der Waals surface area contributed by atoms with E-state index in [1.54, 1.807) is 11.0 Å². The second-order valence-electron chi connectivity index (χ2n) is 7.30. The summed E-state index contributed by atoms with van der Waals surface area (Å²) in [6.07, 6.45) is 4.63. The zero-order valence-electron chi connectivity index (χ0n) is 16.1. The Morgan fingerprint density at radius 3 is 2.59 bits per heavy atom. The minimum Gasteiger partial charge on any atom is -0.339 e. The minimum absolute atomic E-state index is 0.0450. The third kappa shape index (κ3) is 4.08. The standard InChI is InChI=1S/C22H21FN4O2/c1-15-2-4-16(5-3-15)6-9-21(28)26-12-10-18(11-13-26)27-22(29)19-8-7-17(23)14-20(19)24-25-27/h2-9,14,18H,10-13H2,1H3/b9-6+. The predicted molar refractivity (Wildman–Crippen MR) is 109 cm³/mol. The molecule has 1 fully saturated rings. The highest BCUT2D eigenvalue weighted by atomic mass is 19.1. The zero-order chi connectivity index (χ0) is 20.4. The molecule has 0 unspecified atom stereocenters. The molecular weight excluding hydrogens is 371 g/mol. The van der Waals surface area contributed by atoms with Crippen LogP contribution in [0.5, 0.6) is 0 Å². The summed E-state index contributed by atoms with van der Waals surface area (Å²) in [5, 5.41) is 8.32. The van der Waals surface area contributed by atoms with E-state index in [0.29, 0.717) is 31.3 Å². The molecule has 0 bridgehead atoms. The Kier molecular flexibility index (Phi) is 5.20. The third-order valence-electron chi connectivity index (χ3n) is 5.26. The Morgan fingerprint density at radius 2 is 1.86 bits per heavy atom. The molecule has 2 heterocycles. The van der Waals surface area contributed by atoms with Crippen molar-refractivity contribution in [3.05, 3.63) is 75.8 Å². The number of piperidine rings is 1. The van der Waals surface area contributed by atoms with Crippen LogP contribution < -0.4 is 5.56 Å². The van der Waals surface area contributed by atoms with E-state index in [1.807, 2.05) is 37.3 Å². The average molecular weight is 392 g/mol. The molecule has 1 aliphatic rings. The van der Waals surface area contributed by atoms with Gasteiger partial charge >= 0.3 is 0 Å². The minimum atomic E-state index is -0.450.